The standard InChI is InChI=1S/C27H29ClN2O4/c1-19-15-24(32-2)13-10-22(19)5-4-6-27(31)30-29-17-21-9-14-25(26(16-21)33-3)34-18-20-7-11-23(28)12-8-20/h7-17H,4-6,18H2,1-3H3,(H,30,31)/b29-17-. The first-order valence-corrected chi connectivity index (χ1v) is 11.4. The van der Waals surface area contributed by atoms with Crippen molar-refractivity contribution in [3.8, 4) is 17.2 Å². The lowest BCUT2D eigenvalue weighted by Crippen LogP contribution is -2.17. The van der Waals surface area contributed by atoms with Crippen molar-refractivity contribution in [1.82, 2.24) is 5.43 Å². The Morgan fingerprint density at radius 2 is 1.79 bits per heavy atom. The summed E-state index contributed by atoms with van der Waals surface area (Å²) in [6.45, 7) is 2.44. The number of benzene rings is 3. The second-order valence-electron chi connectivity index (χ2n) is 7.76. The number of halogens is 1. The number of rotatable bonds is 11. The maximum Gasteiger partial charge on any atom is 0.240 e. The predicted molar refractivity (Wildman–Crippen MR) is 135 cm³/mol. The number of methoxy groups -OCH3 is 2. The number of hydrogen-bond acceptors (Lipinski definition) is 5. The number of amides is 1. The van der Waals surface area contributed by atoms with Crippen molar-refractivity contribution in [3.63, 3.8) is 0 Å². The molecule has 0 saturated carbocycles. The second-order valence-corrected chi connectivity index (χ2v) is 8.20. The van der Waals surface area contributed by atoms with Crippen molar-refractivity contribution in [2.45, 2.75) is 32.8 Å². The smallest absolute Gasteiger partial charge is 0.240 e. The molecule has 3 rings (SSSR count). The van der Waals surface area contributed by atoms with E-state index in [2.05, 4.69) is 10.5 Å². The number of nitrogens with one attached hydrogen (secondary N) is 1. The zero-order valence-electron chi connectivity index (χ0n) is 19.6. The van der Waals surface area contributed by atoms with Gasteiger partial charge in [-0.05, 0) is 84.5 Å². The van der Waals surface area contributed by atoms with Crippen LogP contribution in [-0.4, -0.2) is 26.3 Å². The summed E-state index contributed by atoms with van der Waals surface area (Å²) in [6.07, 6.45) is 3.53. The summed E-state index contributed by atoms with van der Waals surface area (Å²) in [4.78, 5) is 12.1. The summed E-state index contributed by atoms with van der Waals surface area (Å²) in [7, 11) is 3.23. The fourth-order valence-electron chi connectivity index (χ4n) is 3.38. The molecule has 34 heavy (non-hydrogen) atoms. The number of hydrazone groups is 1. The van der Waals surface area contributed by atoms with Gasteiger partial charge < -0.3 is 14.2 Å². The first kappa shape index (κ1) is 25.1. The summed E-state index contributed by atoms with van der Waals surface area (Å²) in [6, 6.07) is 18.9. The molecule has 6 nitrogen and oxygen atoms in total. The van der Waals surface area contributed by atoms with E-state index in [1.165, 1.54) is 5.56 Å². The molecule has 0 atom stereocenters. The third kappa shape index (κ3) is 7.52. The van der Waals surface area contributed by atoms with Crippen LogP contribution < -0.4 is 19.6 Å². The van der Waals surface area contributed by atoms with Gasteiger partial charge in [-0.3, -0.25) is 4.79 Å². The van der Waals surface area contributed by atoms with E-state index in [0.717, 1.165) is 35.3 Å². The molecule has 3 aromatic carbocycles. The minimum atomic E-state index is -0.128. The highest BCUT2D eigenvalue weighted by Crippen LogP contribution is 2.28. The Balaban J connectivity index is 1.46. The van der Waals surface area contributed by atoms with Gasteiger partial charge in [0.15, 0.2) is 11.5 Å². The molecule has 0 aliphatic heterocycles. The van der Waals surface area contributed by atoms with E-state index in [0.29, 0.717) is 29.5 Å². The van der Waals surface area contributed by atoms with Crippen molar-refractivity contribution < 1.29 is 19.0 Å². The Kier molecular flexibility index (Phi) is 9.35. The fourth-order valence-corrected chi connectivity index (χ4v) is 3.50. The van der Waals surface area contributed by atoms with Gasteiger partial charge in [0.05, 0.1) is 20.4 Å². The molecule has 0 saturated heterocycles. The zero-order chi connectivity index (χ0) is 24.3. The lowest BCUT2D eigenvalue weighted by atomic mass is 10.0. The molecule has 0 spiro atoms. The van der Waals surface area contributed by atoms with Crippen molar-refractivity contribution in [2.75, 3.05) is 14.2 Å². The van der Waals surface area contributed by atoms with E-state index in [1.54, 1.807) is 26.5 Å². The van der Waals surface area contributed by atoms with E-state index < -0.39 is 0 Å². The Hall–Kier alpha value is -3.51. The summed E-state index contributed by atoms with van der Waals surface area (Å²) < 4.78 is 16.5. The number of ether oxygens (including phenoxy) is 3. The molecular weight excluding hydrogens is 452 g/mol. The minimum absolute atomic E-state index is 0.128. The predicted octanol–water partition coefficient (Wildman–Crippen LogP) is 5.72. The van der Waals surface area contributed by atoms with Crippen LogP contribution in [0.4, 0.5) is 0 Å². The van der Waals surface area contributed by atoms with Crippen LogP contribution in [0.5, 0.6) is 17.2 Å². The number of aryl methyl sites for hydroxylation is 2. The first-order chi connectivity index (χ1) is 16.5. The molecule has 0 bridgehead atoms. The summed E-state index contributed by atoms with van der Waals surface area (Å²) in [5, 5.41) is 4.75. The maximum absolute atomic E-state index is 12.1. The van der Waals surface area contributed by atoms with Crippen LogP contribution >= 0.6 is 11.6 Å². The second kappa shape index (κ2) is 12.7. The number of carbonyl (C=O) groups is 1. The third-order valence-electron chi connectivity index (χ3n) is 5.30. The van der Waals surface area contributed by atoms with Crippen molar-refractivity contribution in [2.24, 2.45) is 5.10 Å². The highest BCUT2D eigenvalue weighted by atomic mass is 35.5. The van der Waals surface area contributed by atoms with E-state index in [-0.39, 0.29) is 5.91 Å². The SMILES string of the molecule is COc1ccc(CCCC(=O)N/N=C\c2ccc(OCc3ccc(Cl)cc3)c(OC)c2)c(C)c1. The van der Waals surface area contributed by atoms with Crippen LogP contribution in [-0.2, 0) is 17.8 Å². The number of carbonyl (C=O) groups excluding carboxylic acids is 1. The summed E-state index contributed by atoms with van der Waals surface area (Å²) >= 11 is 5.92. The molecule has 0 aliphatic carbocycles. The Labute approximate surface area is 205 Å². The average Bonchev–Trinajstić information content (AvgIpc) is 2.85. The molecule has 1 N–H and O–H groups in total. The van der Waals surface area contributed by atoms with Gasteiger partial charge in [0.2, 0.25) is 5.91 Å². The summed E-state index contributed by atoms with van der Waals surface area (Å²) in [5.74, 6) is 1.91. The summed E-state index contributed by atoms with van der Waals surface area (Å²) in [5.41, 5.74) is 6.74. The molecule has 0 unspecified atom stereocenters. The third-order valence-corrected chi connectivity index (χ3v) is 5.55. The zero-order valence-corrected chi connectivity index (χ0v) is 20.4. The average molecular weight is 481 g/mol. The molecule has 3 aromatic rings. The number of nitrogens with zero attached hydrogens (tertiary/aromatic N) is 1. The molecule has 0 radical (unpaired) electrons. The van der Waals surface area contributed by atoms with Crippen LogP contribution in [0, 0.1) is 6.92 Å². The van der Waals surface area contributed by atoms with Gasteiger partial charge in [-0.25, -0.2) is 5.43 Å². The molecule has 0 fully saturated rings. The first-order valence-electron chi connectivity index (χ1n) is 11.0. The molecule has 0 heterocycles. The van der Waals surface area contributed by atoms with E-state index in [9.17, 15) is 4.79 Å². The minimum Gasteiger partial charge on any atom is -0.497 e. The van der Waals surface area contributed by atoms with E-state index in [1.807, 2.05) is 61.5 Å². The molecule has 1 amide bonds. The van der Waals surface area contributed by atoms with Crippen LogP contribution in [0.2, 0.25) is 5.02 Å². The van der Waals surface area contributed by atoms with Gasteiger partial charge in [-0.15, -0.1) is 0 Å². The lowest BCUT2D eigenvalue weighted by molar-refractivity contribution is -0.121. The van der Waals surface area contributed by atoms with Gasteiger partial charge in [0.1, 0.15) is 12.4 Å². The van der Waals surface area contributed by atoms with Crippen LogP contribution in [0.25, 0.3) is 0 Å². The van der Waals surface area contributed by atoms with Crippen molar-refractivity contribution in [1.29, 1.82) is 0 Å². The molecule has 7 heteroatoms. The van der Waals surface area contributed by atoms with E-state index >= 15 is 0 Å². The topological polar surface area (TPSA) is 69.2 Å². The van der Waals surface area contributed by atoms with Crippen LogP contribution in [0.15, 0.2) is 65.8 Å². The molecule has 0 aliphatic rings. The van der Waals surface area contributed by atoms with Crippen molar-refractivity contribution >= 4 is 23.7 Å². The maximum atomic E-state index is 12.1. The normalized spacial score (nSPS) is 10.8. The highest BCUT2D eigenvalue weighted by Gasteiger charge is 2.07. The van der Waals surface area contributed by atoms with Gasteiger partial charge >= 0.3 is 0 Å². The van der Waals surface area contributed by atoms with Gasteiger partial charge in [0.25, 0.3) is 0 Å². The largest absolute Gasteiger partial charge is 0.497 e. The number of hydrogen-bond donors (Lipinski definition) is 1. The van der Waals surface area contributed by atoms with Gasteiger partial charge in [0, 0.05) is 11.4 Å². The van der Waals surface area contributed by atoms with Gasteiger partial charge in [-0.2, -0.15) is 5.10 Å². The molecule has 178 valence electrons. The molecule has 0 aromatic heterocycles. The van der Waals surface area contributed by atoms with E-state index in [4.69, 9.17) is 25.8 Å². The van der Waals surface area contributed by atoms with Crippen molar-refractivity contribution in [3.05, 3.63) is 87.9 Å². The Bertz CT molecular complexity index is 1130. The Morgan fingerprint density at radius 1 is 1.00 bits per heavy atom. The Morgan fingerprint density at radius 3 is 2.50 bits per heavy atom. The fraction of sp³-hybridized carbons (Fsp3) is 0.259. The highest BCUT2D eigenvalue weighted by molar-refractivity contribution is 6.30. The van der Waals surface area contributed by atoms with Gasteiger partial charge in [-0.1, -0.05) is 29.8 Å². The van der Waals surface area contributed by atoms with Crippen LogP contribution in [0.1, 0.15) is 35.1 Å². The monoisotopic (exact) mass is 480 g/mol. The molecular formula is C27H29ClN2O4. The quantitative estimate of drug-likeness (QED) is 0.281. The van der Waals surface area contributed by atoms with Crippen LogP contribution in [0.3, 0.4) is 0 Å². The lowest BCUT2D eigenvalue weighted by Gasteiger charge is -2.11.